The molecule has 0 aliphatic heterocycles. The molecule has 3 atom stereocenters. The molecule has 0 saturated carbocycles. The molecule has 1 rings (SSSR count). The number of nitrogens with zero attached hydrogens (tertiary/aromatic N) is 1. The van der Waals surface area contributed by atoms with Gasteiger partial charge in [-0.3, -0.25) is 10.1 Å². The van der Waals surface area contributed by atoms with Crippen molar-refractivity contribution < 1.29 is 22.7 Å². The van der Waals surface area contributed by atoms with Crippen molar-refractivity contribution in [2.24, 2.45) is 5.73 Å². The van der Waals surface area contributed by atoms with E-state index < -0.39 is 22.2 Å². The van der Waals surface area contributed by atoms with E-state index in [1.54, 1.807) is 24.3 Å². The molecule has 4 N–H and O–H groups in total. The van der Waals surface area contributed by atoms with Gasteiger partial charge in [-0.1, -0.05) is 43.9 Å². The monoisotopic (exact) mass is 508 g/mol. The third-order valence-electron chi connectivity index (χ3n) is 4.88. The summed E-state index contributed by atoms with van der Waals surface area (Å²) in [4.78, 5) is 13.2. The molecule has 1 aromatic carbocycles. The van der Waals surface area contributed by atoms with Crippen molar-refractivity contribution in [3.63, 3.8) is 0 Å². The third kappa shape index (κ3) is 9.85. The highest BCUT2D eigenvalue weighted by molar-refractivity contribution is 7.87. The number of benzene rings is 1. The van der Waals surface area contributed by atoms with E-state index in [2.05, 4.69) is 16.6 Å². The first-order valence-electron chi connectivity index (χ1n) is 11.6. The number of nitrogens with one attached hydrogen (secondary N) is 2. The molecule has 0 fully saturated rings. The number of hydrogen-bond acceptors (Lipinski definition) is 7. The van der Waals surface area contributed by atoms with E-state index in [9.17, 15) is 13.2 Å². The average Bonchev–Trinajstić information content (AvgIpc) is 2.78. The van der Waals surface area contributed by atoms with Crippen LogP contribution in [0.2, 0.25) is 0 Å². The van der Waals surface area contributed by atoms with Gasteiger partial charge in [-0.15, -0.1) is 0 Å². The molecule has 0 saturated heterocycles. The van der Waals surface area contributed by atoms with Crippen molar-refractivity contribution in [3.8, 4) is 11.5 Å². The smallest absolute Gasteiger partial charge is 0.303 e. The lowest BCUT2D eigenvalue weighted by molar-refractivity contribution is -0.121. The van der Waals surface area contributed by atoms with Gasteiger partial charge in [0.1, 0.15) is 6.04 Å². The van der Waals surface area contributed by atoms with Crippen molar-refractivity contribution in [3.05, 3.63) is 60.2 Å². The summed E-state index contributed by atoms with van der Waals surface area (Å²) in [6.45, 7) is 12.2. The minimum absolute atomic E-state index is 0.204. The summed E-state index contributed by atoms with van der Waals surface area (Å²) in [5.74, 6) is 0.309. The average molecular weight is 509 g/mol. The van der Waals surface area contributed by atoms with Crippen LogP contribution in [0.15, 0.2) is 54.7 Å². The van der Waals surface area contributed by atoms with Gasteiger partial charge in [0.05, 0.1) is 13.2 Å². The first kappa shape index (κ1) is 30.4. The van der Waals surface area contributed by atoms with Crippen LogP contribution in [0, 0.1) is 0 Å². The number of rotatable bonds is 15. The highest BCUT2D eigenvalue weighted by Gasteiger charge is 2.28. The molecule has 3 unspecified atom stereocenters. The minimum Gasteiger partial charge on any atom is -0.490 e. The summed E-state index contributed by atoms with van der Waals surface area (Å²) in [6, 6.07) is 3.62. The zero-order valence-corrected chi connectivity index (χ0v) is 22.4. The number of allylic oxidation sites excluding steroid dienone is 2. The van der Waals surface area contributed by atoms with E-state index in [4.69, 9.17) is 15.2 Å². The Hall–Kier alpha value is -2.66. The number of ether oxygens (including phenoxy) is 2. The summed E-state index contributed by atoms with van der Waals surface area (Å²) in [6.07, 6.45) is 7.99. The molecule has 1 aromatic rings. The number of hydrogen-bond donors (Lipinski definition) is 3. The number of nitrogens with two attached hydrogens (primary N) is 1. The second kappa shape index (κ2) is 14.7. The largest absolute Gasteiger partial charge is 0.490 e. The Kier molecular flexibility index (Phi) is 12.7. The molecule has 0 aliphatic carbocycles. The molecule has 196 valence electrons. The maximum Gasteiger partial charge on any atom is 0.303 e. The minimum atomic E-state index is -3.99. The van der Waals surface area contributed by atoms with Gasteiger partial charge >= 0.3 is 10.2 Å². The van der Waals surface area contributed by atoms with Gasteiger partial charge in [0.2, 0.25) is 0 Å². The van der Waals surface area contributed by atoms with Gasteiger partial charge in [0, 0.05) is 26.2 Å². The molecule has 0 aromatic heterocycles. The predicted octanol–water partition coefficient (Wildman–Crippen LogP) is 2.83. The third-order valence-corrected chi connectivity index (χ3v) is 6.30. The van der Waals surface area contributed by atoms with E-state index in [0.29, 0.717) is 30.3 Å². The van der Waals surface area contributed by atoms with E-state index in [1.165, 1.54) is 14.1 Å². The van der Waals surface area contributed by atoms with Gasteiger partial charge in [-0.2, -0.15) is 12.7 Å². The van der Waals surface area contributed by atoms with Gasteiger partial charge in [0.25, 0.3) is 5.91 Å². The van der Waals surface area contributed by atoms with Crippen LogP contribution in [0.4, 0.5) is 0 Å². The molecule has 0 radical (unpaired) electrons. The van der Waals surface area contributed by atoms with Crippen molar-refractivity contribution in [1.82, 2.24) is 14.3 Å². The van der Waals surface area contributed by atoms with Crippen LogP contribution >= 0.6 is 0 Å². The maximum atomic E-state index is 13.2. The van der Waals surface area contributed by atoms with Crippen molar-refractivity contribution in [1.29, 1.82) is 0 Å². The van der Waals surface area contributed by atoms with E-state index in [1.807, 2.05) is 45.9 Å². The second-order valence-corrected chi connectivity index (χ2v) is 10.1. The Bertz CT molecular complexity index is 1000. The predicted molar refractivity (Wildman–Crippen MR) is 141 cm³/mol. The SMILES string of the molecule is C=C/C=C(\C=C/C(C)NC(C(=O)NS(=O)(=O)N(C)C)c1ccc(OCCC)c(OCC)c1)C(C)N. The Morgan fingerprint density at radius 3 is 2.43 bits per heavy atom. The first-order chi connectivity index (χ1) is 16.5. The Balaban J connectivity index is 3.37. The Morgan fingerprint density at radius 1 is 1.20 bits per heavy atom. The summed E-state index contributed by atoms with van der Waals surface area (Å²) in [5.41, 5.74) is 7.38. The lowest BCUT2D eigenvalue weighted by Gasteiger charge is -2.24. The van der Waals surface area contributed by atoms with Crippen molar-refractivity contribution in [2.45, 2.75) is 52.2 Å². The zero-order chi connectivity index (χ0) is 26.6. The molecule has 10 heteroatoms. The Morgan fingerprint density at radius 2 is 1.89 bits per heavy atom. The van der Waals surface area contributed by atoms with Crippen LogP contribution in [-0.4, -0.2) is 58.0 Å². The fourth-order valence-corrected chi connectivity index (χ4v) is 3.53. The molecule has 0 heterocycles. The summed E-state index contributed by atoms with van der Waals surface area (Å²) in [5, 5.41) is 3.19. The normalized spacial score (nSPS) is 15.0. The summed E-state index contributed by atoms with van der Waals surface area (Å²) < 4.78 is 39.2. The topological polar surface area (TPSA) is 123 Å². The quantitative estimate of drug-likeness (QED) is 0.311. The summed E-state index contributed by atoms with van der Waals surface area (Å²) in [7, 11) is -1.30. The molecule has 35 heavy (non-hydrogen) atoms. The fraction of sp³-hybridized carbons (Fsp3) is 0.480. The first-order valence-corrected chi connectivity index (χ1v) is 13.1. The molecule has 0 aliphatic rings. The van der Waals surface area contributed by atoms with Crippen LogP contribution in [0.1, 0.15) is 45.7 Å². The van der Waals surface area contributed by atoms with Crippen LogP contribution in [0.3, 0.4) is 0 Å². The molecule has 0 bridgehead atoms. The number of carbonyl (C=O) groups excluding carboxylic acids is 1. The molecule has 9 nitrogen and oxygen atoms in total. The number of amides is 1. The lowest BCUT2D eigenvalue weighted by Crippen LogP contribution is -2.46. The van der Waals surface area contributed by atoms with Crippen LogP contribution in [-0.2, 0) is 15.0 Å². The van der Waals surface area contributed by atoms with Gasteiger partial charge in [0.15, 0.2) is 11.5 Å². The van der Waals surface area contributed by atoms with Crippen LogP contribution in [0.25, 0.3) is 0 Å². The van der Waals surface area contributed by atoms with E-state index in [-0.39, 0.29) is 12.1 Å². The number of carbonyl (C=O) groups is 1. The Labute approximate surface area is 210 Å². The van der Waals surface area contributed by atoms with Gasteiger partial charge < -0.3 is 15.2 Å². The maximum absolute atomic E-state index is 13.2. The van der Waals surface area contributed by atoms with E-state index in [0.717, 1.165) is 16.3 Å². The molecular weight excluding hydrogens is 468 g/mol. The second-order valence-electron chi connectivity index (χ2n) is 8.18. The highest BCUT2D eigenvalue weighted by atomic mass is 32.2. The van der Waals surface area contributed by atoms with E-state index >= 15 is 0 Å². The van der Waals surface area contributed by atoms with Crippen molar-refractivity contribution in [2.75, 3.05) is 27.3 Å². The zero-order valence-electron chi connectivity index (χ0n) is 21.6. The molecular formula is C25H40N4O5S. The fourth-order valence-electron chi connectivity index (χ4n) is 2.97. The molecule has 0 spiro atoms. The standard InChI is InChI=1S/C25H40N4O5S/c1-8-11-20(19(5)26)13-12-18(4)27-24(25(30)28-35(31,32)29(6)7)21-14-15-22(34-16-9-2)23(17-21)33-10-3/h8,11-15,17-19,24,27H,1,9-10,16,26H2,2-7H3,(H,28,30)/b13-12-,20-11+. The highest BCUT2D eigenvalue weighted by Crippen LogP contribution is 2.31. The lowest BCUT2D eigenvalue weighted by atomic mass is 10.0. The molecule has 1 amide bonds. The van der Waals surface area contributed by atoms with Gasteiger partial charge in [-0.05, 0) is 50.5 Å². The van der Waals surface area contributed by atoms with Crippen LogP contribution in [0.5, 0.6) is 11.5 Å². The summed E-state index contributed by atoms with van der Waals surface area (Å²) >= 11 is 0. The van der Waals surface area contributed by atoms with Crippen LogP contribution < -0.4 is 25.2 Å². The van der Waals surface area contributed by atoms with Gasteiger partial charge in [-0.25, -0.2) is 4.72 Å². The van der Waals surface area contributed by atoms with Crippen molar-refractivity contribution >= 4 is 16.1 Å².